The van der Waals surface area contributed by atoms with Gasteiger partial charge in [-0.05, 0) is 60.2 Å². The molecule has 0 spiro atoms. The van der Waals surface area contributed by atoms with Gasteiger partial charge >= 0.3 is 0 Å². The van der Waals surface area contributed by atoms with Crippen LogP contribution in [0.2, 0.25) is 0 Å². The van der Waals surface area contributed by atoms with Crippen molar-refractivity contribution in [3.63, 3.8) is 0 Å². The third-order valence-electron chi connectivity index (χ3n) is 8.39. The number of hydrogen-bond acceptors (Lipinski definition) is 2. The van der Waals surface area contributed by atoms with E-state index in [0.29, 0.717) is 45.5 Å². The van der Waals surface area contributed by atoms with Gasteiger partial charge in [-0.15, -0.1) is 11.8 Å². The van der Waals surface area contributed by atoms with Crippen LogP contribution in [0.25, 0.3) is 0 Å². The van der Waals surface area contributed by atoms with Gasteiger partial charge in [-0.1, -0.05) is 39.0 Å². The molecule has 4 bridgehead atoms. The first-order valence-electron chi connectivity index (χ1n) is 9.03. The van der Waals surface area contributed by atoms with Gasteiger partial charge in [-0.25, -0.2) is 0 Å². The quantitative estimate of drug-likeness (QED) is 0.678. The number of carbonyl (C=O) groups is 1. The number of ketones is 1. The molecule has 0 radical (unpaired) electrons. The van der Waals surface area contributed by atoms with Crippen LogP contribution in [0.15, 0.2) is 23.1 Å². The molecule has 7 atom stereocenters. The molecule has 0 amide bonds. The van der Waals surface area contributed by atoms with Crippen molar-refractivity contribution in [2.45, 2.75) is 51.7 Å². The van der Waals surface area contributed by atoms with Crippen LogP contribution in [0.5, 0.6) is 0 Å². The van der Waals surface area contributed by atoms with Crippen LogP contribution in [0.4, 0.5) is 0 Å². The fraction of sp³-hybridized carbons (Fsp3) is 0.750. The molecule has 1 nitrogen and oxygen atoms in total. The maximum atomic E-state index is 12.9. The van der Waals surface area contributed by atoms with Crippen molar-refractivity contribution in [1.82, 2.24) is 0 Å². The van der Waals surface area contributed by atoms with Crippen molar-refractivity contribution < 1.29 is 4.79 Å². The first-order valence-corrected chi connectivity index (χ1v) is 9.91. The fourth-order valence-electron chi connectivity index (χ4n) is 6.44. The highest BCUT2D eigenvalue weighted by atomic mass is 32.2. The SMILES string of the molecule is CC1(C)[C@H]2CC[C@]1(C)[C@@H](SC1=CC3C4C=CC(C4)C3C1=O)C2. The minimum Gasteiger partial charge on any atom is -0.293 e. The molecule has 0 aromatic carbocycles. The molecule has 0 aromatic rings. The van der Waals surface area contributed by atoms with E-state index in [1.165, 1.54) is 25.7 Å². The summed E-state index contributed by atoms with van der Waals surface area (Å²) in [6.45, 7) is 7.42. The van der Waals surface area contributed by atoms with Gasteiger partial charge in [0.1, 0.15) is 0 Å². The third kappa shape index (κ3) is 1.46. The van der Waals surface area contributed by atoms with E-state index in [1.54, 1.807) is 0 Å². The molecular weight excluding hydrogens is 288 g/mol. The van der Waals surface area contributed by atoms with Crippen molar-refractivity contribution in [3.05, 3.63) is 23.1 Å². The number of hydrogen-bond donors (Lipinski definition) is 0. The lowest BCUT2D eigenvalue weighted by Crippen LogP contribution is -2.34. The molecule has 0 N–H and O–H groups in total. The molecule has 5 aliphatic rings. The molecule has 5 rings (SSSR count). The van der Waals surface area contributed by atoms with Gasteiger partial charge in [0.2, 0.25) is 0 Å². The third-order valence-corrected chi connectivity index (χ3v) is 9.98. The summed E-state index contributed by atoms with van der Waals surface area (Å²) in [6.07, 6.45) is 12.3. The Labute approximate surface area is 138 Å². The Morgan fingerprint density at radius 1 is 1.14 bits per heavy atom. The number of rotatable bonds is 2. The Morgan fingerprint density at radius 3 is 2.55 bits per heavy atom. The number of thioether (sulfide) groups is 1. The molecular formula is C20H26OS. The van der Waals surface area contributed by atoms with Crippen LogP contribution in [-0.2, 0) is 4.79 Å². The highest BCUT2D eigenvalue weighted by molar-refractivity contribution is 8.04. The molecule has 118 valence electrons. The van der Waals surface area contributed by atoms with E-state index in [9.17, 15) is 4.79 Å². The van der Waals surface area contributed by atoms with Crippen molar-refractivity contribution in [2.75, 3.05) is 0 Å². The minimum atomic E-state index is 0.303. The van der Waals surface area contributed by atoms with E-state index >= 15 is 0 Å². The molecule has 2 heteroatoms. The fourth-order valence-corrected chi connectivity index (χ4v) is 8.24. The zero-order valence-corrected chi connectivity index (χ0v) is 14.7. The molecule has 3 saturated carbocycles. The number of allylic oxidation sites excluding steroid dienone is 4. The lowest BCUT2D eigenvalue weighted by molar-refractivity contribution is -0.119. The highest BCUT2D eigenvalue weighted by Gasteiger charge is 2.62. The summed E-state index contributed by atoms with van der Waals surface area (Å²) in [5.41, 5.74) is 0.863. The standard InChI is InChI=1S/C20H26OS/c1-19(2)13-6-7-20(19,3)16(9-13)22-15-10-14-11-4-5-12(8-11)17(14)18(15)21/h4-5,10-14,16-17H,6-9H2,1-3H3/t11?,12?,13-,14?,16-,17?,20+/m0/s1. The summed E-state index contributed by atoms with van der Waals surface area (Å²) >= 11 is 1.96. The summed E-state index contributed by atoms with van der Waals surface area (Å²) in [5, 5.41) is 0.654. The van der Waals surface area contributed by atoms with E-state index in [1.807, 2.05) is 11.8 Å². The molecule has 0 saturated heterocycles. The first kappa shape index (κ1) is 13.9. The topological polar surface area (TPSA) is 17.1 Å². The average molecular weight is 314 g/mol. The van der Waals surface area contributed by atoms with Gasteiger partial charge in [0.05, 0.1) is 0 Å². The molecule has 3 fully saturated rings. The van der Waals surface area contributed by atoms with Crippen molar-refractivity contribution in [2.24, 2.45) is 40.4 Å². The Morgan fingerprint density at radius 2 is 1.91 bits per heavy atom. The number of carbonyl (C=O) groups excluding carboxylic acids is 1. The van der Waals surface area contributed by atoms with Crippen molar-refractivity contribution in [3.8, 4) is 0 Å². The predicted octanol–water partition coefficient (Wildman–Crippen LogP) is 4.84. The monoisotopic (exact) mass is 314 g/mol. The van der Waals surface area contributed by atoms with Gasteiger partial charge in [0, 0.05) is 16.1 Å². The van der Waals surface area contributed by atoms with Crippen LogP contribution in [-0.4, -0.2) is 11.0 Å². The second-order valence-electron chi connectivity index (χ2n) is 9.16. The zero-order valence-electron chi connectivity index (χ0n) is 13.8. The van der Waals surface area contributed by atoms with E-state index in [2.05, 4.69) is 39.0 Å². The van der Waals surface area contributed by atoms with Gasteiger partial charge in [-0.2, -0.15) is 0 Å². The van der Waals surface area contributed by atoms with Gasteiger partial charge in [0.15, 0.2) is 5.78 Å². The van der Waals surface area contributed by atoms with Crippen LogP contribution in [0, 0.1) is 40.4 Å². The summed E-state index contributed by atoms with van der Waals surface area (Å²) < 4.78 is 0. The maximum Gasteiger partial charge on any atom is 0.173 e. The van der Waals surface area contributed by atoms with Crippen LogP contribution in [0.1, 0.15) is 46.5 Å². The van der Waals surface area contributed by atoms with Crippen LogP contribution >= 0.6 is 11.8 Å². The number of Topliss-reactive ketones (excluding diaryl/α,β-unsaturated/α-hetero) is 1. The second kappa shape index (κ2) is 4.12. The van der Waals surface area contributed by atoms with E-state index in [0.717, 1.165) is 10.8 Å². The lowest BCUT2D eigenvalue weighted by Gasteiger charge is -2.39. The maximum absolute atomic E-state index is 12.9. The molecule has 0 aromatic heterocycles. The summed E-state index contributed by atoms with van der Waals surface area (Å²) in [6, 6.07) is 0. The Kier molecular flexibility index (Phi) is 2.60. The van der Waals surface area contributed by atoms with Crippen molar-refractivity contribution >= 4 is 17.5 Å². The Bertz CT molecular complexity index is 615. The first-order chi connectivity index (χ1) is 10.4. The van der Waals surface area contributed by atoms with Gasteiger partial charge < -0.3 is 0 Å². The predicted molar refractivity (Wildman–Crippen MR) is 91.4 cm³/mol. The summed E-state index contributed by atoms with van der Waals surface area (Å²) in [4.78, 5) is 14.0. The summed E-state index contributed by atoms with van der Waals surface area (Å²) in [5.74, 6) is 3.38. The van der Waals surface area contributed by atoms with E-state index in [-0.39, 0.29) is 0 Å². The Hall–Kier alpha value is -0.500. The smallest absolute Gasteiger partial charge is 0.173 e. The van der Waals surface area contributed by atoms with E-state index < -0.39 is 0 Å². The minimum absolute atomic E-state index is 0.303. The lowest BCUT2D eigenvalue weighted by atomic mass is 9.71. The van der Waals surface area contributed by atoms with E-state index in [4.69, 9.17) is 0 Å². The molecule has 0 heterocycles. The Balaban J connectivity index is 1.40. The van der Waals surface area contributed by atoms with Gasteiger partial charge in [0.25, 0.3) is 0 Å². The molecule has 4 unspecified atom stereocenters. The zero-order chi connectivity index (χ0) is 15.3. The van der Waals surface area contributed by atoms with Crippen molar-refractivity contribution in [1.29, 1.82) is 0 Å². The van der Waals surface area contributed by atoms with Crippen LogP contribution < -0.4 is 0 Å². The second-order valence-corrected chi connectivity index (χ2v) is 10.4. The molecule has 22 heavy (non-hydrogen) atoms. The molecule has 5 aliphatic carbocycles. The van der Waals surface area contributed by atoms with Gasteiger partial charge in [-0.3, -0.25) is 4.79 Å². The molecule has 0 aliphatic heterocycles. The number of fused-ring (bicyclic) bond motifs is 7. The van der Waals surface area contributed by atoms with Crippen LogP contribution in [0.3, 0.4) is 0 Å². The normalized spacial score (nSPS) is 53.4. The largest absolute Gasteiger partial charge is 0.293 e. The average Bonchev–Trinajstić information content (AvgIpc) is 3.21. The summed E-state index contributed by atoms with van der Waals surface area (Å²) in [7, 11) is 0. The highest BCUT2D eigenvalue weighted by Crippen LogP contribution is 2.69.